The predicted octanol–water partition coefficient (Wildman–Crippen LogP) is 2.51. The predicted molar refractivity (Wildman–Crippen MR) is 101 cm³/mol. The number of hydrogen-bond acceptors (Lipinski definition) is 3. The molecular weight excluding hydrogens is 395 g/mol. The average Bonchev–Trinajstić information content (AvgIpc) is 3.05. The lowest BCUT2D eigenvalue weighted by Gasteiger charge is -2.20. The fourth-order valence-electron chi connectivity index (χ4n) is 2.88. The van der Waals surface area contributed by atoms with Crippen LogP contribution < -0.4 is 10.6 Å². The molecule has 2 N–H and O–H groups in total. The molecule has 1 saturated carbocycles. The molecule has 1 aromatic heterocycles. The van der Waals surface area contributed by atoms with Gasteiger partial charge in [0.15, 0.2) is 5.96 Å². The van der Waals surface area contributed by atoms with E-state index in [0.29, 0.717) is 12.0 Å². The van der Waals surface area contributed by atoms with Gasteiger partial charge in [0.25, 0.3) is 0 Å². The fourth-order valence-corrected chi connectivity index (χ4v) is 3.53. The summed E-state index contributed by atoms with van der Waals surface area (Å²) >= 11 is 1.78. The monoisotopic (exact) mass is 420 g/mol. The zero-order chi connectivity index (χ0) is 13.9. The van der Waals surface area contributed by atoms with E-state index >= 15 is 0 Å². The first-order chi connectivity index (χ1) is 9.76. The zero-order valence-corrected chi connectivity index (χ0v) is 15.9. The highest BCUT2D eigenvalue weighted by Crippen LogP contribution is 2.31. The van der Waals surface area contributed by atoms with Crippen molar-refractivity contribution in [3.63, 3.8) is 0 Å². The molecule has 2 aliphatic rings. The second-order valence-electron chi connectivity index (χ2n) is 5.92. The first-order valence-electron chi connectivity index (χ1n) is 7.50. The van der Waals surface area contributed by atoms with Crippen molar-refractivity contribution >= 4 is 41.3 Å². The fraction of sp³-hybridized carbons (Fsp3) is 0.667. The maximum Gasteiger partial charge on any atom is 0.191 e. The van der Waals surface area contributed by atoms with Crippen molar-refractivity contribution in [3.05, 3.63) is 22.4 Å². The van der Waals surface area contributed by atoms with E-state index in [2.05, 4.69) is 45.0 Å². The maximum atomic E-state index is 4.35. The molecule has 4 nitrogen and oxygen atoms in total. The quantitative estimate of drug-likeness (QED) is 0.447. The number of guanidine groups is 1. The number of hydrogen-bond donors (Lipinski definition) is 2. The molecule has 1 saturated heterocycles. The van der Waals surface area contributed by atoms with Gasteiger partial charge in [0.2, 0.25) is 0 Å². The summed E-state index contributed by atoms with van der Waals surface area (Å²) in [6.45, 7) is 5.58. The van der Waals surface area contributed by atoms with Gasteiger partial charge in [0.05, 0.1) is 6.54 Å². The van der Waals surface area contributed by atoms with Gasteiger partial charge in [-0.15, -0.1) is 35.3 Å². The van der Waals surface area contributed by atoms with Crippen LogP contribution >= 0.6 is 35.3 Å². The molecule has 0 spiro atoms. The molecule has 0 aromatic carbocycles. The molecule has 0 radical (unpaired) electrons. The van der Waals surface area contributed by atoms with Gasteiger partial charge in [0, 0.05) is 37.1 Å². The summed E-state index contributed by atoms with van der Waals surface area (Å²) < 4.78 is 0. The van der Waals surface area contributed by atoms with Crippen LogP contribution in [0.1, 0.15) is 24.6 Å². The summed E-state index contributed by atoms with van der Waals surface area (Å²) in [5, 5.41) is 9.11. The first-order valence-corrected chi connectivity index (χ1v) is 8.38. The highest BCUT2D eigenvalue weighted by atomic mass is 127. The highest BCUT2D eigenvalue weighted by molar-refractivity contribution is 14.0. The van der Waals surface area contributed by atoms with E-state index in [0.717, 1.165) is 25.1 Å². The number of nitrogens with zero attached hydrogens (tertiary/aromatic N) is 2. The molecule has 21 heavy (non-hydrogen) atoms. The number of rotatable bonds is 4. The van der Waals surface area contributed by atoms with Crippen LogP contribution in [0, 0.1) is 5.92 Å². The Morgan fingerprint density at radius 3 is 2.86 bits per heavy atom. The summed E-state index contributed by atoms with van der Waals surface area (Å²) in [4.78, 5) is 8.33. The molecule has 1 aliphatic heterocycles. The molecule has 2 unspecified atom stereocenters. The van der Waals surface area contributed by atoms with Crippen LogP contribution in [0.25, 0.3) is 0 Å². The van der Waals surface area contributed by atoms with Gasteiger partial charge >= 0.3 is 0 Å². The van der Waals surface area contributed by atoms with E-state index in [1.54, 1.807) is 11.3 Å². The first kappa shape index (κ1) is 17.0. The lowest BCUT2D eigenvalue weighted by Crippen LogP contribution is -2.46. The third-order valence-corrected chi connectivity index (χ3v) is 5.14. The number of nitrogens with one attached hydrogen (secondary N) is 2. The van der Waals surface area contributed by atoms with Crippen LogP contribution in [-0.2, 0) is 6.54 Å². The Balaban J connectivity index is 0.00000161. The van der Waals surface area contributed by atoms with Crippen molar-refractivity contribution in [1.82, 2.24) is 15.5 Å². The van der Waals surface area contributed by atoms with E-state index in [1.807, 2.05) is 7.05 Å². The molecule has 0 amide bonds. The summed E-state index contributed by atoms with van der Waals surface area (Å²) in [6.07, 6.45) is 2.79. The maximum absolute atomic E-state index is 4.35. The summed E-state index contributed by atoms with van der Waals surface area (Å²) in [6, 6.07) is 5.62. The largest absolute Gasteiger partial charge is 0.352 e. The minimum atomic E-state index is 0. The Bertz CT molecular complexity index is 458. The standard InChI is InChI=1S/C15H24N4S.HI/c1-11-9-19(12-5-6-12)10-14(11)18-15(16-2)17-8-13-4-3-7-20-13;/h3-4,7,11-12,14H,5-6,8-10H2,1-2H3,(H2,16,17,18);1H. The SMILES string of the molecule is CN=C(NCc1cccs1)NC1CN(C2CC2)CC1C.I. The van der Waals surface area contributed by atoms with Gasteiger partial charge in [-0.1, -0.05) is 13.0 Å². The molecule has 118 valence electrons. The van der Waals surface area contributed by atoms with Crippen molar-refractivity contribution < 1.29 is 0 Å². The summed E-state index contributed by atoms with van der Waals surface area (Å²) in [5.41, 5.74) is 0. The topological polar surface area (TPSA) is 39.7 Å². The van der Waals surface area contributed by atoms with E-state index in [1.165, 1.54) is 24.3 Å². The van der Waals surface area contributed by atoms with E-state index < -0.39 is 0 Å². The number of thiophene rings is 1. The molecule has 2 fully saturated rings. The minimum absolute atomic E-state index is 0. The third-order valence-electron chi connectivity index (χ3n) is 4.26. The Hall–Kier alpha value is -0.340. The summed E-state index contributed by atoms with van der Waals surface area (Å²) in [5.74, 6) is 1.61. The molecule has 1 aromatic rings. The van der Waals surface area contributed by atoms with Crippen molar-refractivity contribution in [1.29, 1.82) is 0 Å². The van der Waals surface area contributed by atoms with Gasteiger partial charge in [-0.05, 0) is 30.2 Å². The second kappa shape index (κ2) is 7.78. The molecule has 1 aliphatic carbocycles. The number of aliphatic imine (C=N–C) groups is 1. The van der Waals surface area contributed by atoms with Gasteiger partial charge in [-0.25, -0.2) is 0 Å². The zero-order valence-electron chi connectivity index (χ0n) is 12.7. The highest BCUT2D eigenvalue weighted by Gasteiger charge is 2.38. The Labute approximate surface area is 148 Å². The van der Waals surface area contributed by atoms with Crippen LogP contribution in [0.2, 0.25) is 0 Å². The molecular formula is C15H25IN4S. The average molecular weight is 420 g/mol. The Morgan fingerprint density at radius 2 is 2.24 bits per heavy atom. The molecule has 3 rings (SSSR count). The number of halogens is 1. The normalized spacial score (nSPS) is 26.5. The van der Waals surface area contributed by atoms with Crippen molar-refractivity contribution in [2.24, 2.45) is 10.9 Å². The van der Waals surface area contributed by atoms with Crippen molar-refractivity contribution in [2.45, 2.75) is 38.4 Å². The Morgan fingerprint density at radius 1 is 1.43 bits per heavy atom. The molecule has 2 heterocycles. The van der Waals surface area contributed by atoms with Crippen molar-refractivity contribution in [3.8, 4) is 0 Å². The molecule has 2 atom stereocenters. The van der Waals surface area contributed by atoms with E-state index in [9.17, 15) is 0 Å². The smallest absolute Gasteiger partial charge is 0.191 e. The van der Waals surface area contributed by atoms with Crippen LogP contribution in [0.5, 0.6) is 0 Å². The lowest BCUT2D eigenvalue weighted by atomic mass is 10.1. The van der Waals surface area contributed by atoms with E-state index in [4.69, 9.17) is 0 Å². The van der Waals surface area contributed by atoms with Gasteiger partial charge in [0.1, 0.15) is 0 Å². The molecule has 0 bridgehead atoms. The van der Waals surface area contributed by atoms with Gasteiger partial charge in [-0.3, -0.25) is 9.89 Å². The minimum Gasteiger partial charge on any atom is -0.352 e. The second-order valence-corrected chi connectivity index (χ2v) is 6.95. The van der Waals surface area contributed by atoms with Gasteiger partial charge < -0.3 is 10.6 Å². The Kier molecular flexibility index (Phi) is 6.31. The van der Waals surface area contributed by atoms with Crippen LogP contribution in [0.3, 0.4) is 0 Å². The molecule has 6 heteroatoms. The van der Waals surface area contributed by atoms with Crippen LogP contribution in [0.4, 0.5) is 0 Å². The van der Waals surface area contributed by atoms with Crippen LogP contribution in [-0.4, -0.2) is 43.1 Å². The van der Waals surface area contributed by atoms with Gasteiger partial charge in [-0.2, -0.15) is 0 Å². The lowest BCUT2D eigenvalue weighted by molar-refractivity contribution is 0.315. The number of likely N-dealkylation sites (tertiary alicyclic amines) is 1. The van der Waals surface area contributed by atoms with Crippen molar-refractivity contribution in [2.75, 3.05) is 20.1 Å². The third kappa shape index (κ3) is 4.56. The van der Waals surface area contributed by atoms with Crippen LogP contribution in [0.15, 0.2) is 22.5 Å². The summed E-state index contributed by atoms with van der Waals surface area (Å²) in [7, 11) is 1.85. The van der Waals surface area contributed by atoms with E-state index in [-0.39, 0.29) is 24.0 Å².